The van der Waals surface area contributed by atoms with Gasteiger partial charge in [-0.05, 0) is 82.9 Å². The maximum absolute atomic E-state index is 12.6. The number of amides is 2. The summed E-state index contributed by atoms with van der Waals surface area (Å²) in [7, 11) is 4.23. The van der Waals surface area contributed by atoms with Crippen LogP contribution >= 0.6 is 0 Å². The van der Waals surface area contributed by atoms with Crippen LogP contribution in [0.15, 0.2) is 53.1 Å². The zero-order valence-corrected chi connectivity index (χ0v) is 19.4. The molecule has 2 aromatic carbocycles. The number of anilines is 3. The third-order valence-corrected chi connectivity index (χ3v) is 6.05. The van der Waals surface area contributed by atoms with Crippen molar-refractivity contribution < 1.29 is 14.1 Å². The molecule has 1 aromatic heterocycles. The van der Waals surface area contributed by atoms with Gasteiger partial charge in [0, 0.05) is 41.8 Å². The van der Waals surface area contributed by atoms with Gasteiger partial charge in [0.2, 0.25) is 0 Å². The second kappa shape index (κ2) is 9.46. The quantitative estimate of drug-likeness (QED) is 0.595. The molecular formula is C25H29N5O3. The lowest BCUT2D eigenvalue weighted by Crippen LogP contribution is -2.31. The summed E-state index contributed by atoms with van der Waals surface area (Å²) in [6, 6.07) is 15.3. The van der Waals surface area contributed by atoms with Crippen molar-refractivity contribution in [1.82, 2.24) is 10.1 Å². The molecule has 0 radical (unpaired) electrons. The van der Waals surface area contributed by atoms with E-state index in [0.717, 1.165) is 30.9 Å². The predicted molar refractivity (Wildman–Crippen MR) is 129 cm³/mol. The minimum atomic E-state index is -0.293. The average Bonchev–Trinajstić information content (AvgIpc) is 3.42. The third kappa shape index (κ3) is 5.06. The van der Waals surface area contributed by atoms with Crippen molar-refractivity contribution in [2.24, 2.45) is 0 Å². The van der Waals surface area contributed by atoms with E-state index in [1.54, 1.807) is 38.1 Å². The van der Waals surface area contributed by atoms with Crippen LogP contribution in [0, 0.1) is 13.8 Å². The highest BCUT2D eigenvalue weighted by molar-refractivity contribution is 6.07. The molecule has 1 unspecified atom stereocenters. The van der Waals surface area contributed by atoms with Crippen molar-refractivity contribution in [3.05, 3.63) is 71.1 Å². The molecular weight excluding hydrogens is 418 g/mol. The summed E-state index contributed by atoms with van der Waals surface area (Å²) in [6.07, 6.45) is 1.15. The fourth-order valence-electron chi connectivity index (χ4n) is 4.06. The SMILES string of the molecule is Cc1noc(C)c1C(=O)Nc1ccc(C(=O)Nc2ccc(N3CCC(N(C)C)C3)cc2)cc1. The Kier molecular flexibility index (Phi) is 6.46. The van der Waals surface area contributed by atoms with Crippen LogP contribution < -0.4 is 15.5 Å². The predicted octanol–water partition coefficient (Wildman–Crippen LogP) is 3.94. The van der Waals surface area contributed by atoms with E-state index in [4.69, 9.17) is 4.52 Å². The third-order valence-electron chi connectivity index (χ3n) is 6.05. The lowest BCUT2D eigenvalue weighted by molar-refractivity contribution is 0.101. The van der Waals surface area contributed by atoms with Crippen LogP contribution in [0.5, 0.6) is 0 Å². The highest BCUT2D eigenvalue weighted by Crippen LogP contribution is 2.24. The zero-order chi connectivity index (χ0) is 23.5. The maximum Gasteiger partial charge on any atom is 0.261 e. The number of likely N-dealkylation sites (N-methyl/N-ethyl adjacent to an activating group) is 1. The molecule has 8 nitrogen and oxygen atoms in total. The van der Waals surface area contributed by atoms with E-state index in [1.807, 2.05) is 24.3 Å². The van der Waals surface area contributed by atoms with Crippen molar-refractivity contribution >= 4 is 28.9 Å². The van der Waals surface area contributed by atoms with Crippen molar-refractivity contribution in [2.45, 2.75) is 26.3 Å². The van der Waals surface area contributed by atoms with Crippen LogP contribution in [0.4, 0.5) is 17.1 Å². The molecule has 0 aliphatic carbocycles. The van der Waals surface area contributed by atoms with Crippen LogP contribution in [-0.2, 0) is 0 Å². The molecule has 1 fully saturated rings. The van der Waals surface area contributed by atoms with E-state index < -0.39 is 0 Å². The highest BCUT2D eigenvalue weighted by Gasteiger charge is 2.24. The van der Waals surface area contributed by atoms with Crippen LogP contribution in [0.25, 0.3) is 0 Å². The van der Waals surface area contributed by atoms with Crippen LogP contribution in [0.1, 0.15) is 38.6 Å². The Bertz CT molecular complexity index is 1120. The van der Waals surface area contributed by atoms with Gasteiger partial charge in [0.15, 0.2) is 0 Å². The first-order chi connectivity index (χ1) is 15.8. The molecule has 33 heavy (non-hydrogen) atoms. The second-order valence-corrected chi connectivity index (χ2v) is 8.58. The lowest BCUT2D eigenvalue weighted by atomic mass is 10.1. The van der Waals surface area contributed by atoms with Gasteiger partial charge in [0.1, 0.15) is 11.3 Å². The van der Waals surface area contributed by atoms with Gasteiger partial charge >= 0.3 is 0 Å². The summed E-state index contributed by atoms with van der Waals surface area (Å²) in [5, 5.41) is 9.53. The minimum absolute atomic E-state index is 0.208. The number of hydrogen-bond donors (Lipinski definition) is 2. The van der Waals surface area contributed by atoms with E-state index in [9.17, 15) is 9.59 Å². The molecule has 2 amide bonds. The molecule has 0 spiro atoms. The van der Waals surface area contributed by atoms with Crippen molar-refractivity contribution in [2.75, 3.05) is 42.7 Å². The minimum Gasteiger partial charge on any atom is -0.370 e. The maximum atomic E-state index is 12.6. The summed E-state index contributed by atoms with van der Waals surface area (Å²) >= 11 is 0. The Hall–Kier alpha value is -3.65. The molecule has 1 saturated heterocycles. The zero-order valence-electron chi connectivity index (χ0n) is 19.4. The van der Waals surface area contributed by atoms with Gasteiger partial charge in [0.25, 0.3) is 11.8 Å². The molecule has 3 aromatic rings. The number of nitrogens with one attached hydrogen (secondary N) is 2. The van der Waals surface area contributed by atoms with Crippen molar-refractivity contribution in [3.8, 4) is 0 Å². The molecule has 4 rings (SSSR count). The summed E-state index contributed by atoms with van der Waals surface area (Å²) in [4.78, 5) is 29.7. The molecule has 0 bridgehead atoms. The topological polar surface area (TPSA) is 90.7 Å². The first-order valence-corrected chi connectivity index (χ1v) is 11.0. The fraction of sp³-hybridized carbons (Fsp3) is 0.320. The van der Waals surface area contributed by atoms with Gasteiger partial charge < -0.3 is 25.0 Å². The van der Waals surface area contributed by atoms with Crippen LogP contribution in [0.3, 0.4) is 0 Å². The van der Waals surface area contributed by atoms with E-state index in [2.05, 4.69) is 39.7 Å². The van der Waals surface area contributed by atoms with Gasteiger partial charge in [-0.25, -0.2) is 0 Å². The van der Waals surface area contributed by atoms with Crippen LogP contribution in [0.2, 0.25) is 0 Å². The number of rotatable bonds is 6. The second-order valence-electron chi connectivity index (χ2n) is 8.58. The van der Waals surface area contributed by atoms with Crippen molar-refractivity contribution in [3.63, 3.8) is 0 Å². The molecule has 1 atom stereocenters. The Morgan fingerprint density at radius 2 is 1.58 bits per heavy atom. The number of aryl methyl sites for hydroxylation is 2. The van der Waals surface area contributed by atoms with E-state index >= 15 is 0 Å². The summed E-state index contributed by atoms with van der Waals surface area (Å²) in [5.74, 6) is -0.0343. The summed E-state index contributed by atoms with van der Waals surface area (Å²) in [6.45, 7) is 5.46. The molecule has 172 valence electrons. The first-order valence-electron chi connectivity index (χ1n) is 11.0. The molecule has 0 saturated carbocycles. The number of carbonyl (C=O) groups excluding carboxylic acids is 2. The Morgan fingerprint density at radius 3 is 2.12 bits per heavy atom. The van der Waals surface area contributed by atoms with Gasteiger partial charge in [-0.2, -0.15) is 0 Å². The number of nitrogens with zero attached hydrogens (tertiary/aromatic N) is 3. The standard InChI is InChI=1S/C25H29N5O3/c1-16-23(17(2)33-28-16)25(32)27-19-7-5-18(6-8-19)24(31)26-20-9-11-21(12-10-20)30-14-13-22(15-30)29(3)4/h5-12,22H,13-15H2,1-4H3,(H,26,31)(H,27,32). The largest absolute Gasteiger partial charge is 0.370 e. The van der Waals surface area contributed by atoms with E-state index in [1.165, 1.54) is 0 Å². The molecule has 8 heteroatoms. The molecule has 2 heterocycles. The van der Waals surface area contributed by atoms with Crippen LogP contribution in [-0.4, -0.2) is 55.1 Å². The molecule has 2 N–H and O–H groups in total. The van der Waals surface area contributed by atoms with Gasteiger partial charge in [0.05, 0.1) is 5.69 Å². The Labute approximate surface area is 193 Å². The highest BCUT2D eigenvalue weighted by atomic mass is 16.5. The van der Waals surface area contributed by atoms with Crippen molar-refractivity contribution in [1.29, 1.82) is 0 Å². The summed E-state index contributed by atoms with van der Waals surface area (Å²) < 4.78 is 5.04. The van der Waals surface area contributed by atoms with Gasteiger partial charge in [-0.15, -0.1) is 0 Å². The number of aromatic nitrogens is 1. The lowest BCUT2D eigenvalue weighted by Gasteiger charge is -2.22. The van der Waals surface area contributed by atoms with Gasteiger partial charge in [-0.1, -0.05) is 5.16 Å². The number of hydrogen-bond acceptors (Lipinski definition) is 6. The number of carbonyl (C=O) groups is 2. The smallest absolute Gasteiger partial charge is 0.261 e. The van der Waals surface area contributed by atoms with Gasteiger partial charge in [-0.3, -0.25) is 9.59 Å². The average molecular weight is 448 g/mol. The van der Waals surface area contributed by atoms with E-state index in [0.29, 0.717) is 34.3 Å². The molecule has 1 aliphatic heterocycles. The Morgan fingerprint density at radius 1 is 0.970 bits per heavy atom. The summed E-state index contributed by atoms with van der Waals surface area (Å²) in [5.41, 5.74) is 3.95. The van der Waals surface area contributed by atoms with E-state index in [-0.39, 0.29) is 11.8 Å². The molecule has 1 aliphatic rings. The normalized spacial score (nSPS) is 15.7. The number of benzene rings is 2. The Balaban J connectivity index is 1.34. The fourth-order valence-corrected chi connectivity index (χ4v) is 4.06. The monoisotopic (exact) mass is 447 g/mol. The first kappa shape index (κ1) is 22.5.